The molecule has 1 aliphatic rings. The first kappa shape index (κ1) is 16.4. The van der Waals surface area contributed by atoms with Crippen molar-refractivity contribution in [2.24, 2.45) is 0 Å². The minimum Gasteiger partial charge on any atom is -0.453 e. The SMILES string of the molecule is COC(=O)Nc1nc2c(s1)CN(C(=O)Cc1c(C)noc1C)CC2. The summed E-state index contributed by atoms with van der Waals surface area (Å²) in [7, 11) is 1.30. The van der Waals surface area contributed by atoms with Gasteiger partial charge >= 0.3 is 6.09 Å². The van der Waals surface area contributed by atoms with Crippen molar-refractivity contribution >= 4 is 28.5 Å². The number of anilines is 1. The lowest BCUT2D eigenvalue weighted by atomic mass is 10.1. The number of nitrogens with one attached hydrogen (secondary N) is 1. The number of carbonyl (C=O) groups excluding carboxylic acids is 2. The van der Waals surface area contributed by atoms with Gasteiger partial charge in [-0.25, -0.2) is 9.78 Å². The maximum absolute atomic E-state index is 12.6. The van der Waals surface area contributed by atoms with Crippen LogP contribution in [0.4, 0.5) is 9.93 Å². The fraction of sp³-hybridized carbons (Fsp3) is 0.467. The Balaban J connectivity index is 1.68. The Hall–Kier alpha value is -2.42. The molecule has 1 aliphatic heterocycles. The van der Waals surface area contributed by atoms with Crippen molar-refractivity contribution in [3.8, 4) is 0 Å². The molecule has 0 saturated heterocycles. The van der Waals surface area contributed by atoms with Crippen LogP contribution in [0.3, 0.4) is 0 Å². The Morgan fingerprint density at radius 1 is 1.42 bits per heavy atom. The number of aryl methyl sites for hydroxylation is 2. The van der Waals surface area contributed by atoms with Crippen LogP contribution < -0.4 is 5.32 Å². The molecule has 0 unspecified atom stereocenters. The van der Waals surface area contributed by atoms with Gasteiger partial charge in [0, 0.05) is 23.4 Å². The summed E-state index contributed by atoms with van der Waals surface area (Å²) in [4.78, 5) is 31.0. The molecule has 0 atom stereocenters. The van der Waals surface area contributed by atoms with E-state index in [1.807, 2.05) is 13.8 Å². The second-order valence-corrected chi connectivity index (χ2v) is 6.63. The lowest BCUT2D eigenvalue weighted by Crippen LogP contribution is -2.36. The van der Waals surface area contributed by atoms with Crippen molar-refractivity contribution in [3.05, 3.63) is 27.6 Å². The van der Waals surface area contributed by atoms with Gasteiger partial charge in [0.25, 0.3) is 0 Å². The molecular weight excluding hydrogens is 332 g/mol. The highest BCUT2D eigenvalue weighted by Gasteiger charge is 2.26. The molecule has 1 N–H and O–H groups in total. The van der Waals surface area contributed by atoms with Gasteiger partial charge in [0.05, 0.1) is 31.5 Å². The van der Waals surface area contributed by atoms with E-state index in [1.54, 1.807) is 4.90 Å². The number of methoxy groups -OCH3 is 1. The fourth-order valence-electron chi connectivity index (χ4n) is 2.62. The zero-order chi connectivity index (χ0) is 17.3. The van der Waals surface area contributed by atoms with Crippen LogP contribution in [-0.4, -0.2) is 40.7 Å². The van der Waals surface area contributed by atoms with Gasteiger partial charge in [-0.2, -0.15) is 0 Å². The van der Waals surface area contributed by atoms with E-state index in [1.165, 1.54) is 18.4 Å². The molecule has 128 valence electrons. The van der Waals surface area contributed by atoms with Gasteiger partial charge in [-0.1, -0.05) is 16.5 Å². The van der Waals surface area contributed by atoms with Crippen LogP contribution in [0.15, 0.2) is 4.52 Å². The van der Waals surface area contributed by atoms with Crippen molar-refractivity contribution in [2.75, 3.05) is 19.0 Å². The summed E-state index contributed by atoms with van der Waals surface area (Å²) in [5.41, 5.74) is 2.52. The van der Waals surface area contributed by atoms with Gasteiger partial charge in [0.2, 0.25) is 5.91 Å². The Morgan fingerprint density at radius 2 is 2.21 bits per heavy atom. The largest absolute Gasteiger partial charge is 0.453 e. The van der Waals surface area contributed by atoms with Gasteiger partial charge in [-0.05, 0) is 13.8 Å². The van der Waals surface area contributed by atoms with Crippen LogP contribution in [0.5, 0.6) is 0 Å². The molecular formula is C15H18N4O4S. The van der Waals surface area contributed by atoms with Crippen LogP contribution in [0, 0.1) is 13.8 Å². The van der Waals surface area contributed by atoms with Crippen molar-refractivity contribution in [3.63, 3.8) is 0 Å². The van der Waals surface area contributed by atoms with Crippen molar-refractivity contribution in [1.29, 1.82) is 0 Å². The van der Waals surface area contributed by atoms with Crippen molar-refractivity contribution in [2.45, 2.75) is 33.2 Å². The van der Waals surface area contributed by atoms with Gasteiger partial charge in [0.15, 0.2) is 5.13 Å². The van der Waals surface area contributed by atoms with Gasteiger partial charge in [0.1, 0.15) is 5.76 Å². The molecule has 0 spiro atoms. The van der Waals surface area contributed by atoms with Gasteiger partial charge in [-0.3, -0.25) is 10.1 Å². The third-order valence-corrected chi connectivity index (χ3v) is 4.99. The highest BCUT2D eigenvalue weighted by molar-refractivity contribution is 7.15. The average Bonchev–Trinajstić information content (AvgIpc) is 3.10. The first-order valence-corrected chi connectivity index (χ1v) is 8.32. The molecule has 0 radical (unpaired) electrons. The second-order valence-electron chi connectivity index (χ2n) is 5.55. The Kier molecular flexibility index (Phi) is 4.52. The normalized spacial score (nSPS) is 13.5. The number of hydrogen-bond acceptors (Lipinski definition) is 7. The van der Waals surface area contributed by atoms with Crippen LogP contribution in [0.25, 0.3) is 0 Å². The minimum absolute atomic E-state index is 0.0333. The zero-order valence-electron chi connectivity index (χ0n) is 13.7. The maximum Gasteiger partial charge on any atom is 0.413 e. The van der Waals surface area contributed by atoms with Crippen molar-refractivity contribution in [1.82, 2.24) is 15.0 Å². The lowest BCUT2D eigenvalue weighted by molar-refractivity contribution is -0.131. The average molecular weight is 350 g/mol. The number of thiazole rings is 1. The quantitative estimate of drug-likeness (QED) is 0.910. The predicted octanol–water partition coefficient (Wildman–Crippen LogP) is 2.05. The molecule has 2 aromatic heterocycles. The standard InChI is InChI=1S/C15H18N4O4S/c1-8-10(9(2)23-18-8)6-13(20)19-5-4-11-12(7-19)24-14(16-11)17-15(21)22-3/h4-7H2,1-3H3,(H,16,17,21). The molecule has 8 nitrogen and oxygen atoms in total. The first-order valence-electron chi connectivity index (χ1n) is 7.51. The van der Waals surface area contributed by atoms with Crippen LogP contribution in [-0.2, 0) is 28.9 Å². The Bertz CT molecular complexity index is 763. The molecule has 9 heteroatoms. The van der Waals surface area contributed by atoms with E-state index in [-0.39, 0.29) is 12.3 Å². The first-order chi connectivity index (χ1) is 11.5. The van der Waals surface area contributed by atoms with E-state index in [0.29, 0.717) is 30.4 Å². The van der Waals surface area contributed by atoms with E-state index in [4.69, 9.17) is 4.52 Å². The van der Waals surface area contributed by atoms with E-state index in [0.717, 1.165) is 21.8 Å². The number of fused-ring (bicyclic) bond motifs is 1. The number of rotatable bonds is 3. The second kappa shape index (κ2) is 6.60. The zero-order valence-corrected chi connectivity index (χ0v) is 14.5. The summed E-state index contributed by atoms with van der Waals surface area (Å²) in [6.45, 7) is 4.75. The number of nitrogens with zero attached hydrogens (tertiary/aromatic N) is 3. The molecule has 0 aliphatic carbocycles. The maximum atomic E-state index is 12.6. The van der Waals surface area contributed by atoms with E-state index >= 15 is 0 Å². The van der Waals surface area contributed by atoms with Crippen LogP contribution in [0.1, 0.15) is 27.6 Å². The summed E-state index contributed by atoms with van der Waals surface area (Å²) >= 11 is 1.37. The predicted molar refractivity (Wildman–Crippen MR) is 86.9 cm³/mol. The molecule has 2 aromatic rings. The Labute approximate surface area is 142 Å². The third kappa shape index (κ3) is 3.25. The number of hydrogen-bond donors (Lipinski definition) is 1. The summed E-state index contributed by atoms with van der Waals surface area (Å²) in [6.07, 6.45) is 0.400. The van der Waals surface area contributed by atoms with Crippen molar-refractivity contribution < 1.29 is 18.8 Å². The molecule has 0 bridgehead atoms. The van der Waals surface area contributed by atoms with Gasteiger partial charge < -0.3 is 14.2 Å². The van der Waals surface area contributed by atoms with Gasteiger partial charge in [-0.15, -0.1) is 0 Å². The summed E-state index contributed by atoms with van der Waals surface area (Å²) < 4.78 is 9.67. The monoisotopic (exact) mass is 350 g/mol. The topological polar surface area (TPSA) is 97.6 Å². The van der Waals surface area contributed by atoms with Crippen LogP contribution in [0.2, 0.25) is 0 Å². The summed E-state index contributed by atoms with van der Waals surface area (Å²) in [6, 6.07) is 0. The smallest absolute Gasteiger partial charge is 0.413 e. The fourth-order valence-corrected chi connectivity index (χ4v) is 3.63. The lowest BCUT2D eigenvalue weighted by Gasteiger charge is -2.26. The van der Waals surface area contributed by atoms with E-state index in [9.17, 15) is 9.59 Å². The highest BCUT2D eigenvalue weighted by atomic mass is 32.1. The minimum atomic E-state index is -0.549. The summed E-state index contributed by atoms with van der Waals surface area (Å²) in [5, 5.41) is 6.94. The molecule has 24 heavy (non-hydrogen) atoms. The third-order valence-electron chi connectivity index (χ3n) is 3.99. The summed E-state index contributed by atoms with van der Waals surface area (Å²) in [5.74, 6) is 0.715. The highest BCUT2D eigenvalue weighted by Crippen LogP contribution is 2.29. The molecule has 0 aromatic carbocycles. The number of carbonyl (C=O) groups is 2. The molecule has 0 fully saturated rings. The molecule has 0 saturated carbocycles. The molecule has 3 rings (SSSR count). The Morgan fingerprint density at radius 3 is 2.88 bits per heavy atom. The van der Waals surface area contributed by atoms with E-state index in [2.05, 4.69) is 20.2 Å². The number of ether oxygens (including phenoxy) is 1. The van der Waals surface area contributed by atoms with Crippen LogP contribution >= 0.6 is 11.3 Å². The number of aromatic nitrogens is 2. The molecule has 2 amide bonds. The van der Waals surface area contributed by atoms with E-state index < -0.39 is 6.09 Å². The number of amides is 2. The molecule has 3 heterocycles.